The molecule has 1 saturated heterocycles. The van der Waals surface area contributed by atoms with Crippen molar-refractivity contribution in [2.75, 3.05) is 38.8 Å². The maximum atomic E-state index is 13.9. The van der Waals surface area contributed by atoms with Crippen LogP contribution in [0.15, 0.2) is 42.7 Å². The SMILES string of the molecule is CN1CCCC(COc2ccc3c(OCNc4ccc(Cl)cc4F)ncnc3c2)C1. The molecule has 4 rings (SSSR count). The third kappa shape index (κ3) is 5.09. The van der Waals surface area contributed by atoms with Crippen molar-refractivity contribution in [3.05, 3.63) is 53.6 Å². The summed E-state index contributed by atoms with van der Waals surface area (Å²) in [5.74, 6) is 1.30. The predicted molar refractivity (Wildman–Crippen MR) is 116 cm³/mol. The highest BCUT2D eigenvalue weighted by Gasteiger charge is 2.18. The van der Waals surface area contributed by atoms with Gasteiger partial charge in [-0.2, -0.15) is 0 Å². The van der Waals surface area contributed by atoms with Gasteiger partial charge in [-0.3, -0.25) is 0 Å². The van der Waals surface area contributed by atoms with E-state index < -0.39 is 5.82 Å². The third-order valence-corrected chi connectivity index (χ3v) is 5.42. The van der Waals surface area contributed by atoms with Gasteiger partial charge in [-0.1, -0.05) is 11.6 Å². The lowest BCUT2D eigenvalue weighted by Crippen LogP contribution is -2.34. The summed E-state index contributed by atoms with van der Waals surface area (Å²) in [4.78, 5) is 10.9. The lowest BCUT2D eigenvalue weighted by molar-refractivity contribution is 0.150. The minimum absolute atomic E-state index is 0.0537. The smallest absolute Gasteiger partial charge is 0.226 e. The van der Waals surface area contributed by atoms with Crippen LogP contribution in [-0.4, -0.2) is 48.3 Å². The maximum Gasteiger partial charge on any atom is 0.226 e. The summed E-state index contributed by atoms with van der Waals surface area (Å²) in [6.45, 7) is 2.97. The Kier molecular flexibility index (Phi) is 6.50. The molecule has 0 saturated carbocycles. The van der Waals surface area contributed by atoms with Crippen LogP contribution in [0.1, 0.15) is 12.8 Å². The second-order valence-corrected chi connectivity index (χ2v) is 7.97. The van der Waals surface area contributed by atoms with Crippen molar-refractivity contribution in [1.29, 1.82) is 0 Å². The van der Waals surface area contributed by atoms with Crippen molar-refractivity contribution in [3.63, 3.8) is 0 Å². The zero-order valence-corrected chi connectivity index (χ0v) is 17.5. The lowest BCUT2D eigenvalue weighted by atomic mass is 10.00. The summed E-state index contributed by atoms with van der Waals surface area (Å²) in [7, 11) is 2.15. The second kappa shape index (κ2) is 9.45. The highest BCUT2D eigenvalue weighted by Crippen LogP contribution is 2.26. The molecule has 0 aliphatic carbocycles. The van der Waals surface area contributed by atoms with Crippen LogP contribution in [0, 0.1) is 11.7 Å². The van der Waals surface area contributed by atoms with Gasteiger partial charge in [-0.25, -0.2) is 14.4 Å². The molecule has 1 atom stereocenters. The van der Waals surface area contributed by atoms with Gasteiger partial charge in [0.1, 0.15) is 17.9 Å². The van der Waals surface area contributed by atoms with Crippen LogP contribution in [0.3, 0.4) is 0 Å². The molecular weight excluding hydrogens is 407 g/mol. The number of piperidine rings is 1. The van der Waals surface area contributed by atoms with Gasteiger partial charge < -0.3 is 19.7 Å². The molecule has 1 aliphatic heterocycles. The van der Waals surface area contributed by atoms with Crippen LogP contribution in [0.4, 0.5) is 10.1 Å². The van der Waals surface area contributed by atoms with Gasteiger partial charge in [0.05, 0.1) is 23.2 Å². The summed E-state index contributed by atoms with van der Waals surface area (Å²) in [5.41, 5.74) is 1.04. The number of likely N-dealkylation sites (tertiary alicyclic amines) is 1. The van der Waals surface area contributed by atoms with E-state index >= 15 is 0 Å². The van der Waals surface area contributed by atoms with Gasteiger partial charge in [0, 0.05) is 23.6 Å². The summed E-state index contributed by atoms with van der Waals surface area (Å²) in [5, 5.41) is 3.99. The van der Waals surface area contributed by atoms with Crippen molar-refractivity contribution >= 4 is 28.2 Å². The first kappa shape index (κ1) is 20.6. The molecule has 1 aromatic heterocycles. The monoisotopic (exact) mass is 430 g/mol. The van der Waals surface area contributed by atoms with Crippen LogP contribution in [0.2, 0.25) is 5.02 Å². The van der Waals surface area contributed by atoms with E-state index in [4.69, 9.17) is 21.1 Å². The largest absolute Gasteiger partial charge is 0.493 e. The van der Waals surface area contributed by atoms with Crippen LogP contribution in [0.5, 0.6) is 11.6 Å². The molecule has 8 heteroatoms. The fraction of sp³-hybridized carbons (Fsp3) is 0.364. The molecule has 3 aromatic rings. The molecule has 6 nitrogen and oxygen atoms in total. The number of hydrogen-bond donors (Lipinski definition) is 1. The first-order valence-corrected chi connectivity index (χ1v) is 10.3. The van der Waals surface area contributed by atoms with E-state index in [1.807, 2.05) is 18.2 Å². The molecule has 2 aromatic carbocycles. The van der Waals surface area contributed by atoms with E-state index in [1.165, 1.54) is 25.2 Å². The number of anilines is 1. The van der Waals surface area contributed by atoms with E-state index in [9.17, 15) is 4.39 Å². The molecule has 2 heterocycles. The Bertz CT molecular complexity index is 1020. The van der Waals surface area contributed by atoms with Crippen molar-refractivity contribution in [2.45, 2.75) is 12.8 Å². The van der Waals surface area contributed by atoms with Crippen LogP contribution in [-0.2, 0) is 0 Å². The minimum Gasteiger partial charge on any atom is -0.493 e. The number of fused-ring (bicyclic) bond motifs is 1. The number of nitrogens with one attached hydrogen (secondary N) is 1. The lowest BCUT2D eigenvalue weighted by Gasteiger charge is -2.29. The average Bonchev–Trinajstić information content (AvgIpc) is 2.74. The highest BCUT2D eigenvalue weighted by atomic mass is 35.5. The molecule has 1 fully saturated rings. The molecule has 0 amide bonds. The first-order valence-electron chi connectivity index (χ1n) is 9.96. The topological polar surface area (TPSA) is 59.5 Å². The Morgan fingerprint density at radius 2 is 2.10 bits per heavy atom. The minimum atomic E-state index is -0.440. The fourth-order valence-corrected chi connectivity index (χ4v) is 3.81. The zero-order valence-electron chi connectivity index (χ0n) is 16.8. The number of hydrogen-bond acceptors (Lipinski definition) is 6. The maximum absolute atomic E-state index is 13.9. The Hall–Kier alpha value is -2.64. The summed E-state index contributed by atoms with van der Waals surface area (Å²) < 4.78 is 25.6. The standard InChI is InChI=1S/C22H24ClFN4O2/c1-28-8-2-3-15(11-28)12-29-17-5-6-18-21(10-17)25-13-26-22(18)30-14-27-20-7-4-16(23)9-19(20)24/h4-7,9-10,13,15,27H,2-3,8,11-12,14H2,1H3. The molecule has 30 heavy (non-hydrogen) atoms. The van der Waals surface area contributed by atoms with E-state index in [0.29, 0.717) is 29.1 Å². The van der Waals surface area contributed by atoms with Gasteiger partial charge in [-0.15, -0.1) is 0 Å². The second-order valence-electron chi connectivity index (χ2n) is 7.53. The molecule has 1 N–H and O–H groups in total. The van der Waals surface area contributed by atoms with Gasteiger partial charge in [0.2, 0.25) is 5.88 Å². The van der Waals surface area contributed by atoms with Crippen LogP contribution >= 0.6 is 11.6 Å². The third-order valence-electron chi connectivity index (χ3n) is 5.18. The Balaban J connectivity index is 1.38. The number of nitrogens with zero attached hydrogens (tertiary/aromatic N) is 3. The molecule has 1 unspecified atom stereocenters. The van der Waals surface area contributed by atoms with Crippen molar-refractivity contribution in [1.82, 2.24) is 14.9 Å². The van der Waals surface area contributed by atoms with Gasteiger partial charge >= 0.3 is 0 Å². The Morgan fingerprint density at radius 1 is 1.20 bits per heavy atom. The Labute approximate surface area is 180 Å². The van der Waals surface area contributed by atoms with E-state index in [1.54, 1.807) is 12.1 Å². The summed E-state index contributed by atoms with van der Waals surface area (Å²) >= 11 is 5.77. The molecule has 0 spiro atoms. The zero-order chi connectivity index (χ0) is 20.9. The summed E-state index contributed by atoms with van der Waals surface area (Å²) in [6.07, 6.45) is 3.85. The van der Waals surface area contributed by atoms with Gasteiger partial charge in [-0.05, 0) is 56.8 Å². The first-order chi connectivity index (χ1) is 14.6. The number of aromatic nitrogens is 2. The van der Waals surface area contributed by atoms with Crippen molar-refractivity contribution < 1.29 is 13.9 Å². The number of halogens is 2. The molecule has 0 radical (unpaired) electrons. The fourth-order valence-electron chi connectivity index (χ4n) is 3.66. The molecule has 158 valence electrons. The van der Waals surface area contributed by atoms with Crippen LogP contribution < -0.4 is 14.8 Å². The summed E-state index contributed by atoms with van der Waals surface area (Å²) in [6, 6.07) is 10.1. The van der Waals surface area contributed by atoms with E-state index in [2.05, 4.69) is 27.2 Å². The van der Waals surface area contributed by atoms with E-state index in [-0.39, 0.29) is 6.73 Å². The number of ether oxygens (including phenoxy) is 2. The van der Waals surface area contributed by atoms with E-state index in [0.717, 1.165) is 29.7 Å². The highest BCUT2D eigenvalue weighted by molar-refractivity contribution is 6.30. The van der Waals surface area contributed by atoms with Crippen molar-refractivity contribution in [2.24, 2.45) is 5.92 Å². The molecule has 0 bridgehead atoms. The quantitative estimate of drug-likeness (QED) is 0.553. The number of benzene rings is 2. The Morgan fingerprint density at radius 3 is 2.93 bits per heavy atom. The van der Waals surface area contributed by atoms with Gasteiger partial charge in [0.15, 0.2) is 6.73 Å². The number of rotatable bonds is 7. The molecular formula is C22H24ClFN4O2. The normalized spacial score (nSPS) is 17.1. The average molecular weight is 431 g/mol. The van der Waals surface area contributed by atoms with Crippen molar-refractivity contribution in [3.8, 4) is 11.6 Å². The van der Waals surface area contributed by atoms with Crippen LogP contribution in [0.25, 0.3) is 10.9 Å². The predicted octanol–water partition coefficient (Wildman–Crippen LogP) is 4.59. The van der Waals surface area contributed by atoms with Gasteiger partial charge in [0.25, 0.3) is 0 Å². The molecule has 1 aliphatic rings.